The quantitative estimate of drug-likeness (QED) is 0.791. The van der Waals surface area contributed by atoms with Crippen molar-refractivity contribution in [2.45, 2.75) is 0 Å². The maximum absolute atomic E-state index is 11.8. The number of carbonyl (C=O) groups excluding carboxylic acids is 1. The van der Waals surface area contributed by atoms with Crippen molar-refractivity contribution >= 4 is 30.3 Å². The highest BCUT2D eigenvalue weighted by Gasteiger charge is 2.07. The van der Waals surface area contributed by atoms with E-state index in [0.717, 1.165) is 16.1 Å². The van der Waals surface area contributed by atoms with Crippen LogP contribution in [0.2, 0.25) is 0 Å². The lowest BCUT2D eigenvalue weighted by Gasteiger charge is -2.11. The minimum Gasteiger partial charge on any atom is -0.357 e. The molecular weight excluding hydrogens is 284 g/mol. The topological polar surface area (TPSA) is 33.2 Å². The van der Waals surface area contributed by atoms with E-state index >= 15 is 0 Å². The van der Waals surface area contributed by atoms with Crippen molar-refractivity contribution in [1.82, 2.24) is 9.88 Å². The van der Waals surface area contributed by atoms with Crippen LogP contribution >= 0.6 is 12.4 Å². The normalized spacial score (nSPS) is 16.4. The van der Waals surface area contributed by atoms with Crippen LogP contribution in [0.15, 0.2) is 60.5 Å². The van der Waals surface area contributed by atoms with E-state index in [9.17, 15) is 4.79 Å². The summed E-state index contributed by atoms with van der Waals surface area (Å²) in [5, 5.41) is 1.66. The van der Waals surface area contributed by atoms with Gasteiger partial charge in [0.1, 0.15) is 5.69 Å². The molecule has 3 rings (SSSR count). The van der Waals surface area contributed by atoms with Gasteiger partial charge in [0.2, 0.25) is 5.78 Å². The second-order valence-electron chi connectivity index (χ2n) is 4.69. The fourth-order valence-corrected chi connectivity index (χ4v) is 2.03. The fourth-order valence-electron chi connectivity index (χ4n) is 2.03. The molecule has 0 fully saturated rings. The Bertz CT molecular complexity index is 785. The Balaban J connectivity index is 0.00000161. The van der Waals surface area contributed by atoms with Crippen molar-refractivity contribution in [1.29, 1.82) is 0 Å². The Labute approximate surface area is 129 Å². The first kappa shape index (κ1) is 15.0. The number of hydrogen-bond donors (Lipinski definition) is 0. The number of rotatable bonds is 1. The Morgan fingerprint density at radius 3 is 2.62 bits per heavy atom. The van der Waals surface area contributed by atoms with E-state index in [0.29, 0.717) is 5.69 Å². The van der Waals surface area contributed by atoms with Crippen LogP contribution in [0, 0.1) is 0 Å². The summed E-state index contributed by atoms with van der Waals surface area (Å²) in [5.41, 5.74) is 1.62. The lowest BCUT2D eigenvalue weighted by molar-refractivity contribution is 0.104. The highest BCUT2D eigenvalue weighted by molar-refractivity contribution is 6.05. The van der Waals surface area contributed by atoms with E-state index in [-0.39, 0.29) is 18.2 Å². The van der Waals surface area contributed by atoms with Gasteiger partial charge >= 0.3 is 0 Å². The van der Waals surface area contributed by atoms with Crippen molar-refractivity contribution in [2.24, 2.45) is 0 Å². The van der Waals surface area contributed by atoms with Gasteiger partial charge in [-0.25, -0.2) is 4.98 Å². The maximum atomic E-state index is 11.8. The van der Waals surface area contributed by atoms with Crippen LogP contribution in [0.1, 0.15) is 10.5 Å². The van der Waals surface area contributed by atoms with Crippen molar-refractivity contribution in [3.05, 3.63) is 76.7 Å². The third-order valence-electron chi connectivity index (χ3n) is 3.16. The molecule has 0 N–H and O–H groups in total. The number of aromatic nitrogens is 1. The second kappa shape index (κ2) is 6.37. The van der Waals surface area contributed by atoms with Gasteiger partial charge in [0, 0.05) is 24.7 Å². The van der Waals surface area contributed by atoms with E-state index in [1.54, 1.807) is 12.2 Å². The molecule has 0 saturated heterocycles. The molecule has 0 atom stereocenters. The van der Waals surface area contributed by atoms with Gasteiger partial charge in [0.15, 0.2) is 0 Å². The number of carbonyl (C=O) groups is 1. The molecule has 4 heteroatoms. The average molecular weight is 299 g/mol. The zero-order valence-electron chi connectivity index (χ0n) is 11.6. The second-order valence-corrected chi connectivity index (χ2v) is 4.69. The van der Waals surface area contributed by atoms with Gasteiger partial charge in [-0.1, -0.05) is 24.3 Å². The summed E-state index contributed by atoms with van der Waals surface area (Å²) in [5.74, 6) is -0.0375. The predicted molar refractivity (Wildman–Crippen MR) is 87.3 cm³/mol. The van der Waals surface area contributed by atoms with Gasteiger partial charge in [-0.05, 0) is 35.9 Å². The van der Waals surface area contributed by atoms with E-state index in [1.807, 2.05) is 66.9 Å². The van der Waals surface area contributed by atoms with Crippen molar-refractivity contribution < 1.29 is 4.79 Å². The van der Waals surface area contributed by atoms with Crippen LogP contribution in [0.4, 0.5) is 0 Å². The minimum atomic E-state index is -0.0375. The predicted octanol–water partition coefficient (Wildman–Crippen LogP) is 1.72. The number of fused-ring (bicyclic) bond motifs is 1. The number of nitrogens with zero attached hydrogens (tertiary/aromatic N) is 2. The first-order valence-electron chi connectivity index (χ1n) is 6.42. The molecule has 1 aromatic heterocycles. The zero-order chi connectivity index (χ0) is 13.9. The van der Waals surface area contributed by atoms with Crippen LogP contribution in [-0.4, -0.2) is 22.7 Å². The number of ketones is 1. The molecule has 1 aliphatic carbocycles. The molecule has 0 bridgehead atoms. The summed E-state index contributed by atoms with van der Waals surface area (Å²) >= 11 is 0. The molecule has 0 amide bonds. The lowest BCUT2D eigenvalue weighted by Crippen LogP contribution is -2.24. The molecule has 0 unspecified atom stereocenters. The molecule has 0 saturated carbocycles. The average Bonchev–Trinajstić information content (AvgIpc) is 2.47. The highest BCUT2D eigenvalue weighted by atomic mass is 35.5. The molecule has 0 radical (unpaired) electrons. The van der Waals surface area contributed by atoms with Crippen LogP contribution in [-0.2, 0) is 0 Å². The smallest absolute Gasteiger partial charge is 0.204 e. The Morgan fingerprint density at radius 2 is 1.86 bits per heavy atom. The van der Waals surface area contributed by atoms with Gasteiger partial charge in [0.05, 0.1) is 5.35 Å². The Hall–Kier alpha value is -2.39. The van der Waals surface area contributed by atoms with Gasteiger partial charge in [-0.15, -0.1) is 12.4 Å². The largest absolute Gasteiger partial charge is 0.357 e. The van der Waals surface area contributed by atoms with E-state index in [1.165, 1.54) is 0 Å². The van der Waals surface area contributed by atoms with Gasteiger partial charge in [0.25, 0.3) is 0 Å². The summed E-state index contributed by atoms with van der Waals surface area (Å²) in [6.07, 6.45) is 17.1. The Morgan fingerprint density at radius 1 is 1.10 bits per heavy atom. The number of allylic oxidation sites excluding steroid dienone is 6. The van der Waals surface area contributed by atoms with Gasteiger partial charge < -0.3 is 4.90 Å². The molecule has 1 aliphatic heterocycles. The summed E-state index contributed by atoms with van der Waals surface area (Å²) in [6, 6.07) is 3.84. The molecule has 106 valence electrons. The van der Waals surface area contributed by atoms with Crippen LogP contribution in [0.25, 0.3) is 12.2 Å². The molecule has 3 nitrogen and oxygen atoms in total. The molecule has 1 aromatic rings. The summed E-state index contributed by atoms with van der Waals surface area (Å²) < 4.78 is 0. The summed E-state index contributed by atoms with van der Waals surface area (Å²) in [7, 11) is 1.98. The standard InChI is InChI=1S/C17H14N2O.ClH/c1-19-11-9-13(10-12-19)5-7-15-8-6-14-3-2-4-16(20)17(14)18-15;/h2-12H,1H3;1H/b15-7+;. The molecule has 0 spiro atoms. The minimum absolute atomic E-state index is 0. The van der Waals surface area contributed by atoms with Gasteiger partial charge in [-0.2, -0.15) is 0 Å². The van der Waals surface area contributed by atoms with E-state index < -0.39 is 0 Å². The van der Waals surface area contributed by atoms with E-state index in [4.69, 9.17) is 0 Å². The molecule has 0 aromatic carbocycles. The first-order valence-corrected chi connectivity index (χ1v) is 6.42. The summed E-state index contributed by atoms with van der Waals surface area (Å²) in [6.45, 7) is 0. The fraction of sp³-hybridized carbons (Fsp3) is 0.0588. The number of halogens is 1. The number of pyridine rings is 1. The SMILES string of the molecule is CN1C=CC(=C/C=c2\ccc3c(n2)C(=O)C=CC=3)C=C1.Cl. The van der Waals surface area contributed by atoms with E-state index in [2.05, 4.69) is 4.98 Å². The number of hydrogen-bond acceptors (Lipinski definition) is 3. The van der Waals surface area contributed by atoms with Crippen LogP contribution in [0.3, 0.4) is 0 Å². The Kier molecular flexibility index (Phi) is 4.55. The van der Waals surface area contributed by atoms with Crippen LogP contribution < -0.4 is 10.6 Å². The highest BCUT2D eigenvalue weighted by Crippen LogP contribution is 2.07. The molecular formula is C17H15ClN2O. The first-order chi connectivity index (χ1) is 9.72. The molecule has 21 heavy (non-hydrogen) atoms. The van der Waals surface area contributed by atoms with Crippen molar-refractivity contribution in [3.63, 3.8) is 0 Å². The zero-order valence-corrected chi connectivity index (χ0v) is 12.4. The van der Waals surface area contributed by atoms with Crippen molar-refractivity contribution in [2.75, 3.05) is 7.05 Å². The van der Waals surface area contributed by atoms with Crippen LogP contribution in [0.5, 0.6) is 0 Å². The van der Waals surface area contributed by atoms with Gasteiger partial charge in [-0.3, -0.25) is 4.79 Å². The summed E-state index contributed by atoms with van der Waals surface area (Å²) in [4.78, 5) is 18.1. The maximum Gasteiger partial charge on any atom is 0.204 e. The molecule has 2 heterocycles. The third-order valence-corrected chi connectivity index (χ3v) is 3.16. The third kappa shape index (κ3) is 3.38. The van der Waals surface area contributed by atoms with Crippen molar-refractivity contribution in [3.8, 4) is 0 Å². The lowest BCUT2D eigenvalue weighted by atomic mass is 10.1. The molecule has 2 aliphatic rings. The monoisotopic (exact) mass is 298 g/mol.